The summed E-state index contributed by atoms with van der Waals surface area (Å²) in [6.45, 7) is 1.61. The van der Waals surface area contributed by atoms with Crippen LogP contribution in [0.3, 0.4) is 0 Å². The quantitative estimate of drug-likeness (QED) is 0.906. The first-order chi connectivity index (χ1) is 9.05. The highest BCUT2D eigenvalue weighted by molar-refractivity contribution is 7.89. The standard InChI is InChI=1S/C12H16F3NO3S/c1-9(17)7-8-16(2)20(18,19)11-5-3-10(4-6-11)12(13,14)15/h3-6,9,17H,7-8H2,1-2H3. The summed E-state index contributed by atoms with van der Waals surface area (Å²) in [4.78, 5) is -0.210. The summed E-state index contributed by atoms with van der Waals surface area (Å²) < 4.78 is 62.3. The van der Waals surface area contributed by atoms with E-state index in [1.165, 1.54) is 14.0 Å². The molecule has 1 aromatic rings. The van der Waals surface area contributed by atoms with Gasteiger partial charge >= 0.3 is 6.18 Å². The summed E-state index contributed by atoms with van der Waals surface area (Å²) in [5, 5.41) is 9.12. The maximum Gasteiger partial charge on any atom is 0.416 e. The van der Waals surface area contributed by atoms with Crippen molar-refractivity contribution in [3.8, 4) is 0 Å². The van der Waals surface area contributed by atoms with E-state index in [0.717, 1.165) is 28.6 Å². The second kappa shape index (κ2) is 6.11. The van der Waals surface area contributed by atoms with Crippen LogP contribution >= 0.6 is 0 Å². The highest BCUT2D eigenvalue weighted by Gasteiger charge is 2.31. The summed E-state index contributed by atoms with van der Waals surface area (Å²) in [6, 6.07) is 3.32. The molecule has 0 spiro atoms. The van der Waals surface area contributed by atoms with Crippen LogP contribution in [-0.4, -0.2) is 37.5 Å². The van der Waals surface area contributed by atoms with Crippen molar-refractivity contribution in [3.05, 3.63) is 29.8 Å². The number of hydrogen-bond acceptors (Lipinski definition) is 3. The maximum atomic E-state index is 12.4. The lowest BCUT2D eigenvalue weighted by atomic mass is 10.2. The van der Waals surface area contributed by atoms with E-state index < -0.39 is 27.9 Å². The average molecular weight is 311 g/mol. The Morgan fingerprint density at radius 1 is 1.25 bits per heavy atom. The number of nitrogens with zero attached hydrogens (tertiary/aromatic N) is 1. The van der Waals surface area contributed by atoms with Gasteiger partial charge in [-0.25, -0.2) is 12.7 Å². The van der Waals surface area contributed by atoms with Crippen molar-refractivity contribution >= 4 is 10.0 Å². The van der Waals surface area contributed by atoms with Crippen molar-refractivity contribution in [2.24, 2.45) is 0 Å². The first-order valence-electron chi connectivity index (χ1n) is 5.87. The van der Waals surface area contributed by atoms with Crippen LogP contribution in [0, 0.1) is 0 Å². The molecular weight excluding hydrogens is 295 g/mol. The van der Waals surface area contributed by atoms with E-state index in [4.69, 9.17) is 5.11 Å². The summed E-state index contributed by atoms with van der Waals surface area (Å²) in [5.74, 6) is 0. The van der Waals surface area contributed by atoms with Crippen molar-refractivity contribution in [1.82, 2.24) is 4.31 Å². The lowest BCUT2D eigenvalue weighted by Crippen LogP contribution is -2.29. The third-order valence-electron chi connectivity index (χ3n) is 2.75. The molecule has 1 rings (SSSR count). The minimum atomic E-state index is -4.50. The van der Waals surface area contributed by atoms with Crippen LogP contribution in [0.15, 0.2) is 29.2 Å². The topological polar surface area (TPSA) is 57.6 Å². The van der Waals surface area contributed by atoms with E-state index in [1.807, 2.05) is 0 Å². The molecule has 0 aliphatic carbocycles. The Morgan fingerprint density at radius 2 is 1.75 bits per heavy atom. The fraction of sp³-hybridized carbons (Fsp3) is 0.500. The zero-order chi connectivity index (χ0) is 15.6. The van der Waals surface area contributed by atoms with E-state index in [1.54, 1.807) is 0 Å². The summed E-state index contributed by atoms with van der Waals surface area (Å²) >= 11 is 0. The van der Waals surface area contributed by atoms with E-state index >= 15 is 0 Å². The molecule has 0 saturated heterocycles. The molecule has 1 unspecified atom stereocenters. The van der Waals surface area contributed by atoms with Crippen LogP contribution in [0.1, 0.15) is 18.9 Å². The van der Waals surface area contributed by atoms with Gasteiger partial charge in [-0.1, -0.05) is 0 Å². The summed E-state index contributed by atoms with van der Waals surface area (Å²) in [6.07, 6.45) is -4.91. The van der Waals surface area contributed by atoms with Crippen LogP contribution in [0.25, 0.3) is 0 Å². The van der Waals surface area contributed by atoms with E-state index in [9.17, 15) is 21.6 Å². The zero-order valence-corrected chi connectivity index (χ0v) is 11.9. The average Bonchev–Trinajstić information content (AvgIpc) is 2.34. The third kappa shape index (κ3) is 4.19. The first-order valence-corrected chi connectivity index (χ1v) is 7.31. The molecule has 0 amide bonds. The van der Waals surface area contributed by atoms with Gasteiger partial charge in [-0.05, 0) is 37.6 Å². The number of aliphatic hydroxyl groups is 1. The number of benzene rings is 1. The molecule has 1 aromatic carbocycles. The van der Waals surface area contributed by atoms with Gasteiger partial charge in [0.15, 0.2) is 0 Å². The molecule has 0 fully saturated rings. The van der Waals surface area contributed by atoms with Gasteiger partial charge in [0.1, 0.15) is 0 Å². The highest BCUT2D eigenvalue weighted by Crippen LogP contribution is 2.30. The Kier molecular flexibility index (Phi) is 5.17. The molecule has 0 radical (unpaired) electrons. The molecule has 114 valence electrons. The van der Waals surface area contributed by atoms with Gasteiger partial charge < -0.3 is 5.11 Å². The Morgan fingerprint density at radius 3 is 2.15 bits per heavy atom. The number of alkyl halides is 3. The summed E-state index contributed by atoms with van der Waals surface area (Å²) in [7, 11) is -2.53. The highest BCUT2D eigenvalue weighted by atomic mass is 32.2. The molecule has 1 N–H and O–H groups in total. The number of sulfonamides is 1. The van der Waals surface area contributed by atoms with Crippen molar-refractivity contribution in [2.75, 3.05) is 13.6 Å². The SMILES string of the molecule is CC(O)CCN(C)S(=O)(=O)c1ccc(C(F)(F)F)cc1. The molecule has 8 heteroatoms. The van der Waals surface area contributed by atoms with Crippen LogP contribution < -0.4 is 0 Å². The lowest BCUT2D eigenvalue weighted by molar-refractivity contribution is -0.137. The first kappa shape index (κ1) is 16.9. The third-order valence-corrected chi connectivity index (χ3v) is 4.62. The second-order valence-electron chi connectivity index (χ2n) is 4.49. The molecule has 0 aliphatic rings. The molecule has 0 heterocycles. The van der Waals surface area contributed by atoms with Crippen molar-refractivity contribution in [2.45, 2.75) is 30.5 Å². The Hall–Kier alpha value is -1.12. The second-order valence-corrected chi connectivity index (χ2v) is 6.53. The monoisotopic (exact) mass is 311 g/mol. The van der Waals surface area contributed by atoms with Crippen molar-refractivity contribution < 1.29 is 26.7 Å². The van der Waals surface area contributed by atoms with Gasteiger partial charge in [-0.2, -0.15) is 13.2 Å². The van der Waals surface area contributed by atoms with Crippen LogP contribution in [0.4, 0.5) is 13.2 Å². The molecule has 0 aromatic heterocycles. The van der Waals surface area contributed by atoms with E-state index in [-0.39, 0.29) is 17.9 Å². The number of aliphatic hydroxyl groups excluding tert-OH is 1. The Labute approximate surface area is 115 Å². The fourth-order valence-corrected chi connectivity index (χ4v) is 2.67. The molecule has 0 aliphatic heterocycles. The van der Waals surface area contributed by atoms with Gasteiger partial charge in [0.05, 0.1) is 16.6 Å². The largest absolute Gasteiger partial charge is 0.416 e. The summed E-state index contributed by atoms with van der Waals surface area (Å²) in [5.41, 5.74) is -0.900. The minimum Gasteiger partial charge on any atom is -0.393 e. The minimum absolute atomic E-state index is 0.0843. The molecular formula is C12H16F3NO3S. The van der Waals surface area contributed by atoms with Crippen molar-refractivity contribution in [3.63, 3.8) is 0 Å². The van der Waals surface area contributed by atoms with E-state index in [0.29, 0.717) is 0 Å². The number of hydrogen-bond donors (Lipinski definition) is 1. The maximum absolute atomic E-state index is 12.4. The zero-order valence-electron chi connectivity index (χ0n) is 11.1. The smallest absolute Gasteiger partial charge is 0.393 e. The Bertz CT molecular complexity index is 538. The molecule has 4 nitrogen and oxygen atoms in total. The predicted molar refractivity (Wildman–Crippen MR) is 67.6 cm³/mol. The van der Waals surface area contributed by atoms with Crippen LogP contribution in [0.2, 0.25) is 0 Å². The number of rotatable bonds is 5. The van der Waals surface area contributed by atoms with Gasteiger partial charge in [-0.15, -0.1) is 0 Å². The molecule has 0 saturated carbocycles. The van der Waals surface area contributed by atoms with E-state index in [2.05, 4.69) is 0 Å². The fourth-order valence-electron chi connectivity index (χ4n) is 1.48. The number of halogens is 3. The van der Waals surface area contributed by atoms with Crippen LogP contribution in [0.5, 0.6) is 0 Å². The molecule has 1 atom stereocenters. The normalized spacial score (nSPS) is 14.6. The van der Waals surface area contributed by atoms with Gasteiger partial charge in [0.25, 0.3) is 0 Å². The Balaban J connectivity index is 2.93. The van der Waals surface area contributed by atoms with Gasteiger partial charge in [0, 0.05) is 13.6 Å². The van der Waals surface area contributed by atoms with Gasteiger partial charge in [0.2, 0.25) is 10.0 Å². The molecule has 20 heavy (non-hydrogen) atoms. The van der Waals surface area contributed by atoms with Crippen molar-refractivity contribution in [1.29, 1.82) is 0 Å². The van der Waals surface area contributed by atoms with Crippen LogP contribution in [-0.2, 0) is 16.2 Å². The lowest BCUT2D eigenvalue weighted by Gasteiger charge is -2.18. The predicted octanol–water partition coefficient (Wildman–Crippen LogP) is 2.10. The van der Waals surface area contributed by atoms with Gasteiger partial charge in [-0.3, -0.25) is 0 Å². The molecule has 0 bridgehead atoms.